The van der Waals surface area contributed by atoms with Crippen LogP contribution >= 0.6 is 0 Å². The third-order valence-corrected chi connectivity index (χ3v) is 3.19. The van der Waals surface area contributed by atoms with E-state index in [-0.39, 0.29) is 36.0 Å². The largest absolute Gasteiger partial charge is 0.493 e. The highest BCUT2D eigenvalue weighted by atomic mass is 19.3. The van der Waals surface area contributed by atoms with Crippen LogP contribution in [0.15, 0.2) is 36.4 Å². The van der Waals surface area contributed by atoms with Gasteiger partial charge in [-0.15, -0.1) is 0 Å². The summed E-state index contributed by atoms with van der Waals surface area (Å²) in [5.74, 6) is -2.70. The summed E-state index contributed by atoms with van der Waals surface area (Å²) in [7, 11) is 1.28. The molecule has 5 nitrogen and oxygen atoms in total. The first-order valence-electron chi connectivity index (χ1n) is 7.39. The van der Waals surface area contributed by atoms with E-state index in [1.807, 2.05) is 0 Å². The van der Waals surface area contributed by atoms with Crippen LogP contribution in [0.3, 0.4) is 0 Å². The van der Waals surface area contributed by atoms with Crippen LogP contribution in [0.4, 0.5) is 17.6 Å². The van der Waals surface area contributed by atoms with Crippen molar-refractivity contribution in [1.82, 2.24) is 5.32 Å². The Bertz CT molecular complexity index is 770. The first-order valence-corrected chi connectivity index (χ1v) is 7.39. The minimum Gasteiger partial charge on any atom is -0.493 e. The zero-order chi connectivity index (χ0) is 19.1. The highest BCUT2D eigenvalue weighted by Gasteiger charge is 2.14. The number of methoxy groups -OCH3 is 1. The number of halogens is 4. The fourth-order valence-corrected chi connectivity index (χ4v) is 2.01. The lowest BCUT2D eigenvalue weighted by Crippen LogP contribution is -2.28. The predicted octanol–water partition coefficient (Wildman–Crippen LogP) is 3.38. The lowest BCUT2D eigenvalue weighted by molar-refractivity contribution is -0.0512. The van der Waals surface area contributed by atoms with E-state index >= 15 is 0 Å². The second-order valence-corrected chi connectivity index (χ2v) is 4.92. The molecule has 0 aliphatic carbocycles. The van der Waals surface area contributed by atoms with Gasteiger partial charge < -0.3 is 19.5 Å². The van der Waals surface area contributed by atoms with Crippen molar-refractivity contribution in [3.63, 3.8) is 0 Å². The normalized spacial score (nSPS) is 10.5. The molecule has 2 rings (SSSR count). The van der Waals surface area contributed by atoms with Gasteiger partial charge in [0.25, 0.3) is 5.91 Å². The fourth-order valence-electron chi connectivity index (χ4n) is 2.01. The number of ether oxygens (including phenoxy) is 3. The van der Waals surface area contributed by atoms with Crippen LogP contribution in [0.5, 0.6) is 17.2 Å². The first kappa shape index (κ1) is 19.4. The van der Waals surface area contributed by atoms with Crippen molar-refractivity contribution in [2.45, 2.75) is 6.61 Å². The monoisotopic (exact) mass is 373 g/mol. The molecule has 0 atom stereocenters. The topological polar surface area (TPSA) is 56.8 Å². The number of rotatable bonds is 8. The van der Waals surface area contributed by atoms with Crippen molar-refractivity contribution in [1.29, 1.82) is 0 Å². The van der Waals surface area contributed by atoms with E-state index in [4.69, 9.17) is 9.47 Å². The van der Waals surface area contributed by atoms with Crippen LogP contribution in [-0.4, -0.2) is 32.8 Å². The van der Waals surface area contributed by atoms with Gasteiger partial charge >= 0.3 is 6.61 Å². The number of benzene rings is 2. The van der Waals surface area contributed by atoms with Gasteiger partial charge in [-0.2, -0.15) is 8.78 Å². The minimum absolute atomic E-state index is 0.00659. The van der Waals surface area contributed by atoms with Crippen molar-refractivity contribution in [3.05, 3.63) is 53.6 Å². The molecular formula is C17H15F4NO4. The molecule has 0 aromatic heterocycles. The molecule has 0 radical (unpaired) electrons. The molecule has 0 aliphatic rings. The van der Waals surface area contributed by atoms with Crippen molar-refractivity contribution >= 4 is 5.91 Å². The minimum atomic E-state index is -3.06. The fraction of sp³-hybridized carbons (Fsp3) is 0.235. The maximum atomic E-state index is 13.0. The maximum Gasteiger partial charge on any atom is 0.387 e. The Kier molecular flexibility index (Phi) is 6.65. The average molecular weight is 373 g/mol. The third-order valence-electron chi connectivity index (χ3n) is 3.19. The highest BCUT2D eigenvalue weighted by Crippen LogP contribution is 2.29. The third kappa shape index (κ3) is 5.27. The lowest BCUT2D eigenvalue weighted by Gasteiger charge is -2.12. The number of amides is 1. The first-order chi connectivity index (χ1) is 12.4. The molecule has 0 bridgehead atoms. The Hall–Kier alpha value is -2.97. The summed E-state index contributed by atoms with van der Waals surface area (Å²) in [4.78, 5) is 12.0. The quantitative estimate of drug-likeness (QED) is 0.569. The van der Waals surface area contributed by atoms with E-state index < -0.39 is 24.2 Å². The lowest BCUT2D eigenvalue weighted by atomic mass is 10.2. The molecule has 0 saturated heterocycles. The molecular weight excluding hydrogens is 358 g/mol. The smallest absolute Gasteiger partial charge is 0.387 e. The molecule has 0 saturated carbocycles. The highest BCUT2D eigenvalue weighted by molar-refractivity contribution is 5.94. The van der Waals surface area contributed by atoms with Gasteiger partial charge in [0, 0.05) is 11.6 Å². The number of alkyl halides is 2. The van der Waals surface area contributed by atoms with Gasteiger partial charge in [0.05, 0.1) is 13.7 Å². The Morgan fingerprint density at radius 1 is 1.08 bits per heavy atom. The van der Waals surface area contributed by atoms with Gasteiger partial charge in [0.15, 0.2) is 23.1 Å². The molecule has 2 aromatic rings. The zero-order valence-electron chi connectivity index (χ0n) is 13.6. The number of nitrogens with one attached hydrogen (secondary N) is 1. The van der Waals surface area contributed by atoms with Gasteiger partial charge in [-0.1, -0.05) is 0 Å². The molecule has 26 heavy (non-hydrogen) atoms. The Labute approximate surface area is 146 Å². The average Bonchev–Trinajstić information content (AvgIpc) is 2.61. The van der Waals surface area contributed by atoms with Crippen LogP contribution in [-0.2, 0) is 0 Å². The molecule has 0 unspecified atom stereocenters. The Balaban J connectivity index is 1.90. The Morgan fingerprint density at radius 3 is 2.50 bits per heavy atom. The summed E-state index contributed by atoms with van der Waals surface area (Å²) in [6.45, 7) is -3.02. The molecule has 9 heteroatoms. The van der Waals surface area contributed by atoms with Crippen LogP contribution < -0.4 is 19.5 Å². The Morgan fingerprint density at radius 2 is 1.85 bits per heavy atom. The van der Waals surface area contributed by atoms with E-state index in [9.17, 15) is 22.4 Å². The summed E-state index contributed by atoms with van der Waals surface area (Å²) in [6, 6.07) is 6.88. The van der Waals surface area contributed by atoms with Crippen LogP contribution in [0.2, 0.25) is 0 Å². The molecule has 1 amide bonds. The molecule has 140 valence electrons. The molecule has 0 spiro atoms. The van der Waals surface area contributed by atoms with E-state index in [0.717, 1.165) is 18.2 Å². The van der Waals surface area contributed by atoms with Crippen LogP contribution in [0, 0.1) is 11.6 Å². The van der Waals surface area contributed by atoms with Crippen LogP contribution in [0.1, 0.15) is 10.4 Å². The summed E-state index contributed by atoms with van der Waals surface area (Å²) in [5, 5.41) is 2.50. The maximum absolute atomic E-state index is 13.0. The summed E-state index contributed by atoms with van der Waals surface area (Å²) < 4.78 is 65.0. The molecule has 0 fully saturated rings. The molecule has 0 aliphatic heterocycles. The molecule has 0 heterocycles. The van der Waals surface area contributed by atoms with Crippen LogP contribution in [0.25, 0.3) is 0 Å². The van der Waals surface area contributed by atoms with Crippen molar-refractivity contribution in [2.24, 2.45) is 0 Å². The summed E-state index contributed by atoms with van der Waals surface area (Å²) in [6.07, 6.45) is 0. The number of hydrogen-bond donors (Lipinski definition) is 1. The number of carbonyl (C=O) groups is 1. The van der Waals surface area contributed by atoms with Crippen molar-refractivity contribution in [2.75, 3.05) is 20.3 Å². The van der Waals surface area contributed by atoms with Gasteiger partial charge in [-0.25, -0.2) is 8.78 Å². The standard InChI is InChI=1S/C17H15F4NO4/c1-24-14-5-2-10(8-15(14)26-17(20)21)16(23)22-6-7-25-11-3-4-12(18)13(19)9-11/h2-5,8-9,17H,6-7H2,1H3,(H,22,23). The van der Waals surface area contributed by atoms with E-state index in [1.54, 1.807) is 0 Å². The van der Waals surface area contributed by atoms with Gasteiger partial charge in [-0.05, 0) is 30.3 Å². The number of hydrogen-bond acceptors (Lipinski definition) is 4. The predicted molar refractivity (Wildman–Crippen MR) is 83.8 cm³/mol. The van der Waals surface area contributed by atoms with Crippen molar-refractivity contribution < 1.29 is 36.6 Å². The van der Waals surface area contributed by atoms with Gasteiger partial charge in [0.1, 0.15) is 12.4 Å². The van der Waals surface area contributed by atoms with E-state index in [0.29, 0.717) is 0 Å². The summed E-state index contributed by atoms with van der Waals surface area (Å²) >= 11 is 0. The molecule has 2 aromatic carbocycles. The SMILES string of the molecule is COc1ccc(C(=O)NCCOc2ccc(F)c(F)c2)cc1OC(F)F. The van der Waals surface area contributed by atoms with Gasteiger partial charge in [0.2, 0.25) is 0 Å². The second-order valence-electron chi connectivity index (χ2n) is 4.92. The van der Waals surface area contributed by atoms with E-state index in [2.05, 4.69) is 10.1 Å². The molecule has 1 N–H and O–H groups in total. The zero-order valence-corrected chi connectivity index (χ0v) is 13.6. The second kappa shape index (κ2) is 8.93. The van der Waals surface area contributed by atoms with Crippen molar-refractivity contribution in [3.8, 4) is 17.2 Å². The summed E-state index contributed by atoms with van der Waals surface area (Å²) in [5.41, 5.74) is 0.0780. The van der Waals surface area contributed by atoms with E-state index in [1.165, 1.54) is 25.3 Å². The number of carbonyl (C=O) groups excluding carboxylic acids is 1. The van der Waals surface area contributed by atoms with Gasteiger partial charge in [-0.3, -0.25) is 4.79 Å².